The predicted octanol–water partition coefficient (Wildman–Crippen LogP) is 6.15. The molecule has 1 saturated carbocycles. The molecule has 0 aromatic heterocycles. The molecule has 0 aromatic rings. The van der Waals surface area contributed by atoms with Crippen molar-refractivity contribution in [2.45, 2.75) is 34.1 Å². The minimum absolute atomic E-state index is 0.0240. The summed E-state index contributed by atoms with van der Waals surface area (Å²) in [6.07, 6.45) is 19.8. The zero-order chi connectivity index (χ0) is 17.7. The Balaban J connectivity index is 0.00000112. The molecule has 0 saturated heterocycles. The monoisotopic (exact) mass is 310 g/mol. The fourth-order valence-corrected chi connectivity index (χ4v) is 2.04. The summed E-state index contributed by atoms with van der Waals surface area (Å²) in [5.74, 6) is 1.44. The summed E-state index contributed by atoms with van der Waals surface area (Å²) in [5, 5.41) is 0. The molecule has 0 aliphatic heterocycles. The van der Waals surface area contributed by atoms with Gasteiger partial charge in [0.25, 0.3) is 0 Å². The van der Waals surface area contributed by atoms with E-state index >= 15 is 0 Å². The van der Waals surface area contributed by atoms with E-state index in [-0.39, 0.29) is 5.78 Å². The number of fused-ring (bicyclic) bond motifs is 1. The molecule has 0 bridgehead atoms. The number of rotatable bonds is 6. The lowest BCUT2D eigenvalue weighted by Crippen LogP contribution is -1.88. The zero-order valence-electron chi connectivity index (χ0n) is 15.0. The van der Waals surface area contributed by atoms with E-state index in [1.54, 1.807) is 36.5 Å². The first-order valence-corrected chi connectivity index (χ1v) is 8.48. The third-order valence-electron chi connectivity index (χ3n) is 3.26. The number of carbonyl (C=O) groups is 1. The van der Waals surface area contributed by atoms with E-state index in [2.05, 4.69) is 31.4 Å². The van der Waals surface area contributed by atoms with Crippen molar-refractivity contribution in [2.24, 2.45) is 11.8 Å². The first-order chi connectivity index (χ1) is 11.2. The Kier molecular flexibility index (Phi) is 11.2. The Labute approximate surface area is 142 Å². The topological polar surface area (TPSA) is 17.1 Å². The zero-order valence-corrected chi connectivity index (χ0v) is 15.0. The van der Waals surface area contributed by atoms with E-state index in [0.717, 1.165) is 17.1 Å². The van der Waals surface area contributed by atoms with Crippen LogP contribution in [0, 0.1) is 11.8 Å². The highest BCUT2D eigenvalue weighted by Gasteiger charge is 2.34. The number of ketones is 1. The molecule has 23 heavy (non-hydrogen) atoms. The van der Waals surface area contributed by atoms with Gasteiger partial charge >= 0.3 is 0 Å². The first-order valence-electron chi connectivity index (χ1n) is 8.48. The van der Waals surface area contributed by atoms with Crippen molar-refractivity contribution in [2.75, 3.05) is 0 Å². The molecule has 2 aliphatic rings. The molecule has 0 aromatic carbocycles. The number of hydrogen-bond donors (Lipinski definition) is 0. The molecule has 0 radical (unpaired) electrons. The second-order valence-electron chi connectivity index (χ2n) is 4.76. The highest BCUT2D eigenvalue weighted by molar-refractivity contribution is 5.99. The number of carbonyl (C=O) groups excluding carboxylic acids is 1. The Morgan fingerprint density at radius 2 is 1.78 bits per heavy atom. The van der Waals surface area contributed by atoms with Crippen molar-refractivity contribution < 1.29 is 4.79 Å². The molecule has 2 aliphatic carbocycles. The molecular weight excluding hydrogens is 280 g/mol. The maximum absolute atomic E-state index is 11.7. The quantitative estimate of drug-likeness (QED) is 0.424. The van der Waals surface area contributed by atoms with Gasteiger partial charge in [-0.2, -0.15) is 0 Å². The molecule has 2 atom stereocenters. The largest absolute Gasteiger partial charge is 0.290 e. The summed E-state index contributed by atoms with van der Waals surface area (Å²) in [6.45, 7) is 15.3. The SMILES string of the molecule is C=C/C=C(C=C)/C=C/C(=O)/C=C/C1=CC2CC2C=C1.CC.CC. The molecular formula is C22H30O. The van der Waals surface area contributed by atoms with E-state index < -0.39 is 0 Å². The molecule has 124 valence electrons. The van der Waals surface area contributed by atoms with Crippen LogP contribution in [-0.4, -0.2) is 5.78 Å². The Morgan fingerprint density at radius 1 is 1.09 bits per heavy atom. The smallest absolute Gasteiger partial charge is 0.178 e. The van der Waals surface area contributed by atoms with E-state index in [4.69, 9.17) is 0 Å². The molecule has 1 nitrogen and oxygen atoms in total. The van der Waals surface area contributed by atoms with Gasteiger partial charge in [0.15, 0.2) is 5.78 Å². The Morgan fingerprint density at radius 3 is 2.35 bits per heavy atom. The highest BCUT2D eigenvalue weighted by atomic mass is 16.1. The van der Waals surface area contributed by atoms with Crippen molar-refractivity contribution in [3.8, 4) is 0 Å². The lowest BCUT2D eigenvalue weighted by molar-refractivity contribution is -0.110. The summed E-state index contributed by atoms with van der Waals surface area (Å²) in [4.78, 5) is 11.7. The number of hydrogen-bond acceptors (Lipinski definition) is 1. The molecule has 1 heteroatoms. The van der Waals surface area contributed by atoms with Gasteiger partial charge in [-0.15, -0.1) is 0 Å². The van der Waals surface area contributed by atoms with E-state index in [1.807, 2.05) is 33.8 Å². The highest BCUT2D eigenvalue weighted by Crippen LogP contribution is 2.44. The average molecular weight is 310 g/mol. The van der Waals surface area contributed by atoms with E-state index in [9.17, 15) is 4.79 Å². The van der Waals surface area contributed by atoms with Crippen LogP contribution in [0.15, 0.2) is 85.1 Å². The van der Waals surface area contributed by atoms with Gasteiger partial charge in [0.2, 0.25) is 0 Å². The van der Waals surface area contributed by atoms with Gasteiger partial charge in [0, 0.05) is 0 Å². The predicted molar refractivity (Wildman–Crippen MR) is 103 cm³/mol. The van der Waals surface area contributed by atoms with Gasteiger partial charge in [-0.25, -0.2) is 0 Å². The third kappa shape index (κ3) is 8.15. The maximum atomic E-state index is 11.7. The summed E-state index contributed by atoms with van der Waals surface area (Å²) in [5.41, 5.74) is 2.00. The molecule has 2 rings (SSSR count). The minimum Gasteiger partial charge on any atom is -0.290 e. The van der Waals surface area contributed by atoms with Crippen molar-refractivity contribution in [3.63, 3.8) is 0 Å². The average Bonchev–Trinajstić information content (AvgIpc) is 3.39. The minimum atomic E-state index is -0.0240. The molecule has 0 amide bonds. The summed E-state index contributed by atoms with van der Waals surface area (Å²) in [6, 6.07) is 0. The molecule has 0 heterocycles. The summed E-state index contributed by atoms with van der Waals surface area (Å²) in [7, 11) is 0. The number of allylic oxidation sites excluding steroid dienone is 12. The summed E-state index contributed by atoms with van der Waals surface area (Å²) < 4.78 is 0. The van der Waals surface area contributed by atoms with Crippen LogP contribution in [0.25, 0.3) is 0 Å². The molecule has 1 fully saturated rings. The standard InChI is InChI=1S/C18H18O.2C2H6/c1-3-5-14(4-2)7-10-18(19)11-8-15-6-9-16-13-17(16)12-15;2*1-2/h3-12,16-17H,1-2,13H2;2*1-2H3/b10-7+,11-8+,14-5+;;. The molecule has 0 N–H and O–H groups in total. The van der Waals surface area contributed by atoms with Crippen molar-refractivity contribution in [1.29, 1.82) is 0 Å². The van der Waals surface area contributed by atoms with Gasteiger partial charge in [-0.05, 0) is 41.6 Å². The molecule has 0 spiro atoms. The maximum Gasteiger partial charge on any atom is 0.178 e. The third-order valence-corrected chi connectivity index (χ3v) is 3.26. The lowest BCUT2D eigenvalue weighted by Gasteiger charge is -1.99. The fraction of sp³-hybridized carbons (Fsp3) is 0.318. The van der Waals surface area contributed by atoms with Crippen LogP contribution in [0.2, 0.25) is 0 Å². The van der Waals surface area contributed by atoms with Crippen molar-refractivity contribution in [1.82, 2.24) is 0 Å². The normalized spacial score (nSPS) is 21.4. The second kappa shape index (κ2) is 12.4. The van der Waals surface area contributed by atoms with Gasteiger partial charge in [-0.1, -0.05) is 89.5 Å². The fourth-order valence-electron chi connectivity index (χ4n) is 2.04. The van der Waals surface area contributed by atoms with Gasteiger partial charge in [-0.3, -0.25) is 4.79 Å². The van der Waals surface area contributed by atoms with Crippen LogP contribution in [0.4, 0.5) is 0 Å². The van der Waals surface area contributed by atoms with Crippen LogP contribution in [0.3, 0.4) is 0 Å². The Bertz CT molecular complexity index is 538. The van der Waals surface area contributed by atoms with Crippen molar-refractivity contribution in [3.05, 3.63) is 85.1 Å². The van der Waals surface area contributed by atoms with Gasteiger partial charge < -0.3 is 0 Å². The van der Waals surface area contributed by atoms with Gasteiger partial charge in [0.1, 0.15) is 0 Å². The van der Waals surface area contributed by atoms with E-state index in [0.29, 0.717) is 5.92 Å². The van der Waals surface area contributed by atoms with Crippen LogP contribution in [0.1, 0.15) is 34.1 Å². The van der Waals surface area contributed by atoms with Crippen LogP contribution < -0.4 is 0 Å². The Hall–Kier alpha value is -2.15. The lowest BCUT2D eigenvalue weighted by atomic mass is 10.1. The van der Waals surface area contributed by atoms with Crippen LogP contribution in [0.5, 0.6) is 0 Å². The van der Waals surface area contributed by atoms with Gasteiger partial charge in [0.05, 0.1) is 0 Å². The van der Waals surface area contributed by atoms with Crippen LogP contribution >= 0.6 is 0 Å². The second-order valence-corrected chi connectivity index (χ2v) is 4.76. The first kappa shape index (κ1) is 20.9. The van der Waals surface area contributed by atoms with Crippen molar-refractivity contribution >= 4 is 5.78 Å². The van der Waals surface area contributed by atoms with E-state index in [1.165, 1.54) is 6.42 Å². The molecule has 2 unspecified atom stereocenters. The summed E-state index contributed by atoms with van der Waals surface area (Å²) >= 11 is 0. The van der Waals surface area contributed by atoms with Crippen LogP contribution in [-0.2, 0) is 4.79 Å².